The van der Waals surface area contributed by atoms with Crippen LogP contribution in [0.1, 0.15) is 22.5 Å². The van der Waals surface area contributed by atoms with E-state index in [9.17, 15) is 9.59 Å². The molecular weight excluding hydrogens is 280 g/mol. The van der Waals surface area contributed by atoms with Crippen molar-refractivity contribution in [2.75, 3.05) is 13.2 Å². The molecule has 5 heteroatoms. The molecule has 0 radical (unpaired) electrons. The molecule has 22 heavy (non-hydrogen) atoms. The summed E-state index contributed by atoms with van der Waals surface area (Å²) in [4.78, 5) is 23.3. The third-order valence-electron chi connectivity index (χ3n) is 3.29. The predicted octanol–water partition coefficient (Wildman–Crippen LogP) is 1.93. The van der Waals surface area contributed by atoms with Gasteiger partial charge in [0.05, 0.1) is 0 Å². The Morgan fingerprint density at radius 1 is 1.14 bits per heavy atom. The number of nitrogens with zero attached hydrogens (tertiary/aromatic N) is 1. The van der Waals surface area contributed by atoms with Gasteiger partial charge in [-0.3, -0.25) is 4.79 Å². The minimum Gasteiger partial charge on any atom is -0.451 e. The maximum atomic E-state index is 11.7. The molecule has 1 aromatic heterocycles. The molecule has 0 bridgehead atoms. The number of aryl methyl sites for hydroxylation is 2. The van der Waals surface area contributed by atoms with Crippen molar-refractivity contribution in [1.82, 2.24) is 9.88 Å². The molecule has 0 aliphatic heterocycles. The molecule has 2 aromatic rings. The van der Waals surface area contributed by atoms with E-state index in [2.05, 4.69) is 17.4 Å². The number of benzene rings is 1. The van der Waals surface area contributed by atoms with Crippen LogP contribution in [0.5, 0.6) is 0 Å². The first-order chi connectivity index (χ1) is 10.7. The van der Waals surface area contributed by atoms with Crippen molar-refractivity contribution in [2.45, 2.75) is 12.8 Å². The van der Waals surface area contributed by atoms with Gasteiger partial charge in [0.15, 0.2) is 6.61 Å². The summed E-state index contributed by atoms with van der Waals surface area (Å²) < 4.78 is 6.63. The molecule has 1 heterocycles. The van der Waals surface area contributed by atoms with Gasteiger partial charge >= 0.3 is 5.97 Å². The highest BCUT2D eigenvalue weighted by molar-refractivity contribution is 5.89. The lowest BCUT2D eigenvalue weighted by molar-refractivity contribution is -0.124. The van der Waals surface area contributed by atoms with E-state index in [-0.39, 0.29) is 12.5 Å². The zero-order valence-corrected chi connectivity index (χ0v) is 12.6. The van der Waals surface area contributed by atoms with Crippen molar-refractivity contribution in [3.63, 3.8) is 0 Å². The number of aromatic nitrogens is 1. The third kappa shape index (κ3) is 4.77. The smallest absolute Gasteiger partial charge is 0.355 e. The maximum absolute atomic E-state index is 11.7. The lowest BCUT2D eigenvalue weighted by atomic mass is 10.1. The monoisotopic (exact) mass is 300 g/mol. The Labute approximate surface area is 129 Å². The van der Waals surface area contributed by atoms with Gasteiger partial charge in [-0.1, -0.05) is 30.3 Å². The van der Waals surface area contributed by atoms with Crippen molar-refractivity contribution < 1.29 is 14.3 Å². The second-order valence-electron chi connectivity index (χ2n) is 5.02. The van der Waals surface area contributed by atoms with E-state index in [1.165, 1.54) is 5.56 Å². The van der Waals surface area contributed by atoms with Crippen LogP contribution in [-0.4, -0.2) is 29.6 Å². The normalized spacial score (nSPS) is 10.2. The number of esters is 1. The van der Waals surface area contributed by atoms with Crippen molar-refractivity contribution >= 4 is 11.9 Å². The predicted molar refractivity (Wildman–Crippen MR) is 83.5 cm³/mol. The van der Waals surface area contributed by atoms with E-state index in [1.54, 1.807) is 29.9 Å². The summed E-state index contributed by atoms with van der Waals surface area (Å²) in [5, 5.41) is 2.75. The quantitative estimate of drug-likeness (QED) is 0.628. The molecule has 0 aliphatic rings. The second kappa shape index (κ2) is 8.02. The molecule has 116 valence electrons. The number of hydrogen-bond donors (Lipinski definition) is 1. The molecule has 1 amide bonds. The van der Waals surface area contributed by atoms with E-state index >= 15 is 0 Å². The lowest BCUT2D eigenvalue weighted by Crippen LogP contribution is -2.30. The van der Waals surface area contributed by atoms with Crippen LogP contribution in [-0.2, 0) is 23.0 Å². The standard InChI is InChI=1S/C17H20N2O3/c1-19-12-6-10-15(19)17(21)22-13-16(20)18-11-5-9-14-7-3-2-4-8-14/h2-4,6-8,10,12H,5,9,11,13H2,1H3,(H,18,20). The average molecular weight is 300 g/mol. The Hall–Kier alpha value is -2.56. The summed E-state index contributed by atoms with van der Waals surface area (Å²) in [6.45, 7) is 0.310. The average Bonchev–Trinajstić information content (AvgIpc) is 2.96. The van der Waals surface area contributed by atoms with Crippen LogP contribution in [0.2, 0.25) is 0 Å². The Morgan fingerprint density at radius 3 is 2.59 bits per heavy atom. The molecule has 0 saturated heterocycles. The van der Waals surface area contributed by atoms with Crippen LogP contribution in [0, 0.1) is 0 Å². The molecule has 0 aliphatic carbocycles. The van der Waals surface area contributed by atoms with E-state index in [0.717, 1.165) is 12.8 Å². The minimum atomic E-state index is -0.494. The number of nitrogens with one attached hydrogen (secondary N) is 1. The SMILES string of the molecule is Cn1cccc1C(=O)OCC(=O)NCCCc1ccccc1. The number of hydrogen-bond acceptors (Lipinski definition) is 3. The van der Waals surface area contributed by atoms with Crippen LogP contribution >= 0.6 is 0 Å². The van der Waals surface area contributed by atoms with E-state index < -0.39 is 5.97 Å². The fraction of sp³-hybridized carbons (Fsp3) is 0.294. The summed E-state index contributed by atoms with van der Waals surface area (Å²) in [7, 11) is 1.75. The third-order valence-corrected chi connectivity index (χ3v) is 3.29. The first kappa shape index (κ1) is 15.8. The molecule has 1 N–H and O–H groups in total. The number of carbonyl (C=O) groups is 2. The molecule has 0 spiro atoms. The van der Waals surface area contributed by atoms with Crippen LogP contribution < -0.4 is 5.32 Å². The van der Waals surface area contributed by atoms with E-state index in [4.69, 9.17) is 4.74 Å². The number of amides is 1. The van der Waals surface area contributed by atoms with Gasteiger partial charge in [-0.15, -0.1) is 0 Å². The highest BCUT2D eigenvalue weighted by Gasteiger charge is 2.12. The highest BCUT2D eigenvalue weighted by atomic mass is 16.5. The zero-order valence-electron chi connectivity index (χ0n) is 12.6. The number of rotatable bonds is 7. The summed E-state index contributed by atoms with van der Waals surface area (Å²) in [6, 6.07) is 13.5. The van der Waals surface area contributed by atoms with Crippen molar-refractivity contribution in [2.24, 2.45) is 7.05 Å². The Bertz CT molecular complexity index is 620. The summed E-state index contributed by atoms with van der Waals surface area (Å²) >= 11 is 0. The fourth-order valence-corrected chi connectivity index (χ4v) is 2.09. The van der Waals surface area contributed by atoms with Crippen LogP contribution in [0.4, 0.5) is 0 Å². The highest BCUT2D eigenvalue weighted by Crippen LogP contribution is 2.02. The Morgan fingerprint density at radius 2 is 1.91 bits per heavy atom. The first-order valence-corrected chi connectivity index (χ1v) is 7.26. The van der Waals surface area contributed by atoms with Crippen molar-refractivity contribution in [1.29, 1.82) is 0 Å². The topological polar surface area (TPSA) is 60.3 Å². The van der Waals surface area contributed by atoms with Crippen molar-refractivity contribution in [3.8, 4) is 0 Å². The summed E-state index contributed by atoms with van der Waals surface area (Å²) in [6.07, 6.45) is 3.51. The molecule has 1 aromatic carbocycles. The van der Waals surface area contributed by atoms with E-state index in [0.29, 0.717) is 12.2 Å². The van der Waals surface area contributed by atoms with Gasteiger partial charge in [-0.25, -0.2) is 4.79 Å². The molecule has 5 nitrogen and oxygen atoms in total. The van der Waals surface area contributed by atoms with Crippen LogP contribution in [0.15, 0.2) is 48.7 Å². The zero-order chi connectivity index (χ0) is 15.8. The largest absolute Gasteiger partial charge is 0.451 e. The summed E-state index contributed by atoms with van der Waals surface area (Å²) in [5.41, 5.74) is 1.67. The Kier molecular flexibility index (Phi) is 5.77. The van der Waals surface area contributed by atoms with Gasteiger partial charge in [0, 0.05) is 19.8 Å². The fourth-order valence-electron chi connectivity index (χ4n) is 2.09. The molecule has 0 unspecified atom stereocenters. The van der Waals surface area contributed by atoms with Gasteiger partial charge in [0.25, 0.3) is 5.91 Å². The molecular formula is C17H20N2O3. The van der Waals surface area contributed by atoms with Gasteiger partial charge in [-0.2, -0.15) is 0 Å². The maximum Gasteiger partial charge on any atom is 0.355 e. The first-order valence-electron chi connectivity index (χ1n) is 7.26. The second-order valence-corrected chi connectivity index (χ2v) is 5.02. The Balaban J connectivity index is 1.62. The van der Waals surface area contributed by atoms with E-state index in [1.807, 2.05) is 18.2 Å². The lowest BCUT2D eigenvalue weighted by Gasteiger charge is -2.07. The summed E-state index contributed by atoms with van der Waals surface area (Å²) in [5.74, 6) is -0.775. The van der Waals surface area contributed by atoms with Crippen molar-refractivity contribution in [3.05, 3.63) is 59.9 Å². The van der Waals surface area contributed by atoms with Gasteiger partial charge in [-0.05, 0) is 30.5 Å². The number of ether oxygens (including phenoxy) is 1. The van der Waals surface area contributed by atoms with Gasteiger partial charge in [0.2, 0.25) is 0 Å². The van der Waals surface area contributed by atoms with Gasteiger partial charge in [0.1, 0.15) is 5.69 Å². The minimum absolute atomic E-state index is 0.255. The molecule has 0 atom stereocenters. The number of carbonyl (C=O) groups excluding carboxylic acids is 2. The molecule has 0 saturated carbocycles. The molecule has 2 rings (SSSR count). The van der Waals surface area contributed by atoms with Crippen LogP contribution in [0.25, 0.3) is 0 Å². The molecule has 0 fully saturated rings. The van der Waals surface area contributed by atoms with Crippen LogP contribution in [0.3, 0.4) is 0 Å². The van der Waals surface area contributed by atoms with Gasteiger partial charge < -0.3 is 14.6 Å².